The Kier molecular flexibility index (Phi) is 2.86. The normalized spacial score (nSPS) is 9.25. The topological polar surface area (TPSA) is 26.0 Å². The molecule has 2 aromatic rings. The summed E-state index contributed by atoms with van der Waals surface area (Å²) in [5.41, 5.74) is 2.14. The Morgan fingerprint density at radius 3 is 2.75 bits per heavy atom. The van der Waals surface area contributed by atoms with Crippen LogP contribution in [0.4, 0.5) is 0 Å². The van der Waals surface area contributed by atoms with Gasteiger partial charge in [-0.15, -0.1) is 0 Å². The maximum Gasteiger partial charge on any atom is 0.131 e. The summed E-state index contributed by atoms with van der Waals surface area (Å²) in [4.78, 5) is 0. The van der Waals surface area contributed by atoms with Gasteiger partial charge in [-0.25, -0.2) is 0 Å². The molecule has 0 saturated heterocycles. The van der Waals surface area contributed by atoms with E-state index in [2.05, 4.69) is 5.16 Å². The van der Waals surface area contributed by atoms with Crippen LogP contribution in [-0.2, 0) is 0 Å². The molecule has 0 aliphatic carbocycles. The van der Waals surface area contributed by atoms with E-state index in [1.165, 1.54) is 5.56 Å². The summed E-state index contributed by atoms with van der Waals surface area (Å²) in [6, 6.07) is 6.04. The third kappa shape index (κ3) is 1.64. The van der Waals surface area contributed by atoms with E-state index in [9.17, 15) is 0 Å². The van der Waals surface area contributed by atoms with Crippen LogP contribution < -0.4 is 0 Å². The second kappa shape index (κ2) is 3.90. The molecule has 0 unspecified atom stereocenters. The third-order valence-corrected chi connectivity index (χ3v) is 1.52. The summed E-state index contributed by atoms with van der Waals surface area (Å²) in [5, 5.41) is 4.87. The maximum atomic E-state index is 4.77. The molecule has 0 fully saturated rings. The second-order valence-electron chi connectivity index (χ2n) is 2.38. The molecule has 0 aliphatic rings. The minimum Gasteiger partial charge on any atom is -0.364 e. The fourth-order valence-corrected chi connectivity index (χ4v) is 0.972. The summed E-state index contributed by atoms with van der Waals surface area (Å²) < 4.78 is 4.77. The van der Waals surface area contributed by atoms with Crippen molar-refractivity contribution in [3.63, 3.8) is 0 Å². The Morgan fingerprint density at radius 2 is 2.00 bits per heavy atom. The van der Waals surface area contributed by atoms with Crippen molar-refractivity contribution in [3.05, 3.63) is 30.0 Å². The molecular formula is C10H13NO. The smallest absolute Gasteiger partial charge is 0.131 e. The first-order valence-corrected chi connectivity index (χ1v) is 4.17. The lowest BCUT2D eigenvalue weighted by atomic mass is 10.2. The van der Waals surface area contributed by atoms with Crippen LogP contribution in [0, 0.1) is 6.92 Å². The first-order chi connectivity index (χ1) is 5.86. The highest BCUT2D eigenvalue weighted by Gasteiger charge is 1.94. The van der Waals surface area contributed by atoms with Crippen molar-refractivity contribution in [2.75, 3.05) is 0 Å². The van der Waals surface area contributed by atoms with Crippen LogP contribution >= 0.6 is 0 Å². The van der Waals surface area contributed by atoms with Crippen molar-refractivity contribution in [1.82, 2.24) is 5.16 Å². The molecule has 2 rings (SSSR count). The molecule has 0 spiro atoms. The number of aryl methyl sites for hydroxylation is 1. The second-order valence-corrected chi connectivity index (χ2v) is 2.38. The van der Waals surface area contributed by atoms with Crippen molar-refractivity contribution in [3.8, 4) is 0 Å². The number of hydrogen-bond donors (Lipinski definition) is 0. The van der Waals surface area contributed by atoms with Crippen LogP contribution in [-0.4, -0.2) is 5.16 Å². The van der Waals surface area contributed by atoms with Gasteiger partial charge in [-0.3, -0.25) is 0 Å². The molecule has 0 amide bonds. The van der Waals surface area contributed by atoms with Gasteiger partial charge in [0.05, 0.1) is 0 Å². The van der Waals surface area contributed by atoms with Crippen LogP contribution in [0.2, 0.25) is 0 Å². The van der Waals surface area contributed by atoms with Gasteiger partial charge in [0, 0.05) is 5.39 Å². The predicted molar refractivity (Wildman–Crippen MR) is 50.1 cm³/mol. The first-order valence-electron chi connectivity index (χ1n) is 4.17. The highest BCUT2D eigenvalue weighted by Crippen LogP contribution is 2.12. The predicted octanol–water partition coefficient (Wildman–Crippen LogP) is 3.16. The summed E-state index contributed by atoms with van der Waals surface area (Å²) in [7, 11) is 0. The Morgan fingerprint density at radius 1 is 1.25 bits per heavy atom. The lowest BCUT2D eigenvalue weighted by Gasteiger charge is -1.87. The molecule has 0 saturated carbocycles. The number of fused-ring (bicyclic) bond motifs is 1. The van der Waals surface area contributed by atoms with Gasteiger partial charge < -0.3 is 4.52 Å². The summed E-state index contributed by atoms with van der Waals surface area (Å²) in [6.45, 7) is 6.04. The van der Waals surface area contributed by atoms with Crippen LogP contribution in [0.15, 0.2) is 29.0 Å². The molecule has 2 heteroatoms. The standard InChI is InChI=1S/C8H7NO.C2H6/c1-6-2-3-7-5-10-9-8(7)4-6;1-2/h2-5H,1H3;1-2H3. The molecule has 1 heterocycles. The van der Waals surface area contributed by atoms with Crippen molar-refractivity contribution in [2.24, 2.45) is 0 Å². The van der Waals surface area contributed by atoms with E-state index in [0.717, 1.165) is 10.9 Å². The van der Waals surface area contributed by atoms with Gasteiger partial charge in [0.25, 0.3) is 0 Å². The summed E-state index contributed by atoms with van der Waals surface area (Å²) >= 11 is 0. The molecule has 1 aromatic carbocycles. The molecule has 12 heavy (non-hydrogen) atoms. The number of nitrogens with zero attached hydrogens (tertiary/aromatic N) is 1. The SMILES string of the molecule is CC.Cc1ccc2conc2c1. The minimum absolute atomic E-state index is 0.931. The largest absolute Gasteiger partial charge is 0.364 e. The van der Waals surface area contributed by atoms with Crippen LogP contribution in [0.5, 0.6) is 0 Å². The van der Waals surface area contributed by atoms with E-state index in [1.807, 2.05) is 39.0 Å². The fraction of sp³-hybridized carbons (Fsp3) is 0.300. The van der Waals surface area contributed by atoms with Crippen molar-refractivity contribution < 1.29 is 4.52 Å². The van der Waals surface area contributed by atoms with E-state index in [1.54, 1.807) is 6.26 Å². The quantitative estimate of drug-likeness (QED) is 0.596. The number of aromatic nitrogens is 1. The van der Waals surface area contributed by atoms with Crippen molar-refractivity contribution in [2.45, 2.75) is 20.8 Å². The average Bonchev–Trinajstić information content (AvgIpc) is 2.54. The monoisotopic (exact) mass is 163 g/mol. The molecule has 1 aromatic heterocycles. The molecule has 0 atom stereocenters. The zero-order chi connectivity index (χ0) is 8.97. The Hall–Kier alpha value is -1.31. The Bertz CT molecular complexity index is 351. The van der Waals surface area contributed by atoms with E-state index in [0.29, 0.717) is 0 Å². The number of benzene rings is 1. The highest BCUT2D eigenvalue weighted by molar-refractivity contribution is 5.77. The minimum atomic E-state index is 0.931. The lowest BCUT2D eigenvalue weighted by Crippen LogP contribution is -1.70. The lowest BCUT2D eigenvalue weighted by molar-refractivity contribution is 0.428. The van der Waals surface area contributed by atoms with Crippen LogP contribution in [0.25, 0.3) is 10.9 Å². The number of rotatable bonds is 0. The number of hydrogen-bond acceptors (Lipinski definition) is 2. The van der Waals surface area contributed by atoms with Gasteiger partial charge in [-0.1, -0.05) is 25.1 Å². The summed E-state index contributed by atoms with van der Waals surface area (Å²) in [6.07, 6.45) is 1.65. The zero-order valence-electron chi connectivity index (χ0n) is 7.66. The van der Waals surface area contributed by atoms with Gasteiger partial charge in [-0.05, 0) is 24.6 Å². The van der Waals surface area contributed by atoms with Gasteiger partial charge in [-0.2, -0.15) is 0 Å². The van der Waals surface area contributed by atoms with E-state index in [4.69, 9.17) is 4.52 Å². The van der Waals surface area contributed by atoms with E-state index < -0.39 is 0 Å². The third-order valence-electron chi connectivity index (χ3n) is 1.52. The van der Waals surface area contributed by atoms with Gasteiger partial charge in [0.15, 0.2) is 0 Å². The molecule has 0 N–H and O–H groups in total. The summed E-state index contributed by atoms with van der Waals surface area (Å²) in [5.74, 6) is 0. The Balaban J connectivity index is 0.000000336. The highest BCUT2D eigenvalue weighted by atomic mass is 16.5. The molecule has 64 valence electrons. The van der Waals surface area contributed by atoms with Crippen LogP contribution in [0.3, 0.4) is 0 Å². The van der Waals surface area contributed by atoms with E-state index in [-0.39, 0.29) is 0 Å². The zero-order valence-corrected chi connectivity index (χ0v) is 7.66. The first kappa shape index (κ1) is 8.78. The molecule has 0 bridgehead atoms. The van der Waals surface area contributed by atoms with Gasteiger partial charge in [0.2, 0.25) is 0 Å². The van der Waals surface area contributed by atoms with Crippen molar-refractivity contribution >= 4 is 10.9 Å². The van der Waals surface area contributed by atoms with Gasteiger partial charge in [0.1, 0.15) is 11.8 Å². The maximum absolute atomic E-state index is 4.77. The fourth-order valence-electron chi connectivity index (χ4n) is 0.972. The van der Waals surface area contributed by atoms with Crippen LogP contribution in [0.1, 0.15) is 19.4 Å². The molecule has 2 nitrogen and oxygen atoms in total. The Labute approximate surface area is 72.2 Å². The molecule has 0 aliphatic heterocycles. The molecule has 0 radical (unpaired) electrons. The molecular weight excluding hydrogens is 150 g/mol. The van der Waals surface area contributed by atoms with Gasteiger partial charge >= 0.3 is 0 Å². The van der Waals surface area contributed by atoms with E-state index >= 15 is 0 Å². The van der Waals surface area contributed by atoms with Crippen molar-refractivity contribution in [1.29, 1.82) is 0 Å². The average molecular weight is 163 g/mol.